The van der Waals surface area contributed by atoms with Crippen molar-refractivity contribution in [3.63, 3.8) is 0 Å². The van der Waals surface area contributed by atoms with Gasteiger partial charge in [0.1, 0.15) is 18.1 Å². The van der Waals surface area contributed by atoms with E-state index in [-0.39, 0.29) is 23.7 Å². The van der Waals surface area contributed by atoms with Crippen LogP contribution in [0.25, 0.3) is 0 Å². The Morgan fingerprint density at radius 3 is 1.97 bits per heavy atom. The molecule has 1 aromatic rings. The van der Waals surface area contributed by atoms with Crippen LogP contribution in [-0.4, -0.2) is 63.5 Å². The lowest BCUT2D eigenvalue weighted by Gasteiger charge is -2.24. The molecule has 3 unspecified atom stereocenters. The molecule has 10 nitrogen and oxygen atoms in total. The van der Waals surface area contributed by atoms with Gasteiger partial charge in [-0.25, -0.2) is 0 Å². The number of primary amides is 1. The lowest BCUT2D eigenvalue weighted by molar-refractivity contribution is -0.132. The van der Waals surface area contributed by atoms with E-state index >= 15 is 0 Å². The Morgan fingerprint density at radius 1 is 0.931 bits per heavy atom. The summed E-state index contributed by atoms with van der Waals surface area (Å²) >= 11 is 7.97. The zero-order chi connectivity index (χ0) is 22.1. The van der Waals surface area contributed by atoms with Crippen LogP contribution < -0.4 is 21.7 Å². The first kappa shape index (κ1) is 24.4. The van der Waals surface area contributed by atoms with Gasteiger partial charge in [-0.1, -0.05) is 6.07 Å². The zero-order valence-corrected chi connectivity index (χ0v) is 17.4. The summed E-state index contributed by atoms with van der Waals surface area (Å²) in [6.07, 6.45) is -0.0805. The fraction of sp³-hybridized carbons (Fsp3) is 0.412. The minimum absolute atomic E-state index is 0.0136. The topological polar surface area (TPSA) is 171 Å². The summed E-state index contributed by atoms with van der Waals surface area (Å²) in [4.78, 5) is 47.8. The first-order chi connectivity index (χ1) is 13.6. The van der Waals surface area contributed by atoms with Crippen molar-refractivity contribution in [2.45, 2.75) is 31.5 Å². The largest absolute Gasteiger partial charge is 0.504 e. The van der Waals surface area contributed by atoms with Crippen molar-refractivity contribution in [3.05, 3.63) is 23.8 Å². The highest BCUT2D eigenvalue weighted by atomic mass is 32.1. The molecule has 0 saturated carbocycles. The fourth-order valence-corrected chi connectivity index (χ4v) is 2.86. The molecule has 0 heterocycles. The number of hydrogen-bond acceptors (Lipinski definition) is 8. The van der Waals surface area contributed by atoms with E-state index in [9.17, 15) is 29.4 Å². The molecule has 0 fully saturated rings. The van der Waals surface area contributed by atoms with Crippen molar-refractivity contribution >= 4 is 48.9 Å². The van der Waals surface area contributed by atoms with Crippen molar-refractivity contribution in [2.24, 2.45) is 5.73 Å². The second-order valence-electron chi connectivity index (χ2n) is 6.17. The van der Waals surface area contributed by atoms with Gasteiger partial charge in [0.25, 0.3) is 0 Å². The van der Waals surface area contributed by atoms with Crippen molar-refractivity contribution in [1.29, 1.82) is 0 Å². The lowest BCUT2D eigenvalue weighted by Crippen LogP contribution is -2.57. The van der Waals surface area contributed by atoms with Crippen molar-refractivity contribution in [3.8, 4) is 11.5 Å². The number of rotatable bonds is 10. The minimum atomic E-state index is -1.18. The molecule has 0 radical (unpaired) electrons. The van der Waals surface area contributed by atoms with E-state index in [1.165, 1.54) is 25.1 Å². The van der Waals surface area contributed by atoms with Crippen molar-refractivity contribution in [1.82, 2.24) is 16.0 Å². The van der Waals surface area contributed by atoms with Crippen LogP contribution in [0.3, 0.4) is 0 Å². The van der Waals surface area contributed by atoms with Gasteiger partial charge in [-0.15, -0.1) is 0 Å². The summed E-state index contributed by atoms with van der Waals surface area (Å²) in [6, 6.07) is 0.690. The number of aromatic hydroxyl groups is 2. The summed E-state index contributed by atoms with van der Waals surface area (Å²) in [7, 11) is 0. The predicted octanol–water partition coefficient (Wildman–Crippen LogP) is -1.54. The highest BCUT2D eigenvalue weighted by molar-refractivity contribution is 7.80. The van der Waals surface area contributed by atoms with Gasteiger partial charge < -0.3 is 31.9 Å². The maximum Gasteiger partial charge on any atom is 0.244 e. The molecule has 1 rings (SSSR count). The summed E-state index contributed by atoms with van der Waals surface area (Å²) in [5, 5.41) is 26.4. The van der Waals surface area contributed by atoms with Gasteiger partial charge in [-0.3, -0.25) is 19.2 Å². The molecule has 0 aliphatic carbocycles. The van der Waals surface area contributed by atoms with Crippen LogP contribution in [0.5, 0.6) is 11.5 Å². The molecule has 0 saturated heterocycles. The SMILES string of the molecule is CC(=O)NC(CS)C(=O)NC(Cc1ccc(O)c(O)c1)C(=O)NC(CS)C(N)=O. The maximum absolute atomic E-state index is 12.7. The molecule has 0 bridgehead atoms. The Morgan fingerprint density at radius 2 is 1.48 bits per heavy atom. The highest BCUT2D eigenvalue weighted by Crippen LogP contribution is 2.25. The second-order valence-corrected chi connectivity index (χ2v) is 6.90. The Bertz CT molecular complexity index is 776. The number of phenolic OH excluding ortho intramolecular Hbond substituents is 2. The number of hydrogen-bond donors (Lipinski definition) is 8. The number of thiol groups is 2. The van der Waals surface area contributed by atoms with Crippen LogP contribution in [-0.2, 0) is 25.6 Å². The molecule has 12 heteroatoms. The van der Waals surface area contributed by atoms with Crippen LogP contribution in [0.2, 0.25) is 0 Å². The number of carbonyl (C=O) groups is 4. The van der Waals surface area contributed by atoms with Gasteiger partial charge in [-0.05, 0) is 17.7 Å². The molecule has 0 aromatic heterocycles. The van der Waals surface area contributed by atoms with E-state index in [2.05, 4.69) is 41.2 Å². The van der Waals surface area contributed by atoms with Gasteiger partial charge in [0.2, 0.25) is 23.6 Å². The lowest BCUT2D eigenvalue weighted by atomic mass is 10.0. The van der Waals surface area contributed by atoms with E-state index in [4.69, 9.17) is 5.73 Å². The van der Waals surface area contributed by atoms with Gasteiger partial charge >= 0.3 is 0 Å². The highest BCUT2D eigenvalue weighted by Gasteiger charge is 2.28. The van der Waals surface area contributed by atoms with Crippen LogP contribution in [0.4, 0.5) is 0 Å². The average molecular weight is 445 g/mol. The standard InChI is InChI=1S/C17H24N4O6S2/c1-8(22)19-12(7-29)17(27)20-10(16(26)21-11(6-28)15(18)25)4-9-2-3-13(23)14(24)5-9/h2-3,5,10-12,23-24,28-29H,4,6-7H2,1H3,(H2,18,25)(H,19,22)(H,20,27)(H,21,26). The van der Waals surface area contributed by atoms with E-state index in [1.807, 2.05) is 0 Å². The van der Waals surface area contributed by atoms with E-state index in [0.717, 1.165) is 0 Å². The third kappa shape index (κ3) is 7.74. The molecular formula is C17H24N4O6S2. The number of benzene rings is 1. The van der Waals surface area contributed by atoms with E-state index in [1.54, 1.807) is 0 Å². The Labute approximate surface area is 178 Å². The first-order valence-electron chi connectivity index (χ1n) is 8.48. The van der Waals surface area contributed by atoms with Crippen LogP contribution in [0.1, 0.15) is 12.5 Å². The minimum Gasteiger partial charge on any atom is -0.504 e. The Kier molecular flexibility index (Phi) is 9.62. The maximum atomic E-state index is 12.7. The number of nitrogens with one attached hydrogen (secondary N) is 3. The summed E-state index contributed by atoms with van der Waals surface area (Å²) in [5.41, 5.74) is 5.62. The Hall–Kier alpha value is -2.60. The zero-order valence-electron chi connectivity index (χ0n) is 15.6. The van der Waals surface area contributed by atoms with Crippen LogP contribution >= 0.6 is 25.3 Å². The number of phenols is 2. The molecule has 0 aliphatic heterocycles. The first-order valence-corrected chi connectivity index (χ1v) is 9.75. The molecule has 29 heavy (non-hydrogen) atoms. The predicted molar refractivity (Wildman–Crippen MR) is 112 cm³/mol. The molecule has 0 spiro atoms. The number of amides is 4. The molecule has 0 aliphatic rings. The fourth-order valence-electron chi connectivity index (χ4n) is 2.33. The molecule has 7 N–H and O–H groups in total. The van der Waals surface area contributed by atoms with Gasteiger partial charge in [0, 0.05) is 24.9 Å². The molecule has 160 valence electrons. The van der Waals surface area contributed by atoms with E-state index < -0.39 is 47.5 Å². The smallest absolute Gasteiger partial charge is 0.244 e. The average Bonchev–Trinajstić information content (AvgIpc) is 2.65. The summed E-state index contributed by atoms with van der Waals surface area (Å²) in [5.74, 6) is -3.44. The number of nitrogens with two attached hydrogens (primary N) is 1. The molecular weight excluding hydrogens is 420 g/mol. The number of carbonyl (C=O) groups excluding carboxylic acids is 4. The Balaban J connectivity index is 3.07. The van der Waals surface area contributed by atoms with Gasteiger partial charge in [0.05, 0.1) is 0 Å². The van der Waals surface area contributed by atoms with Crippen LogP contribution in [0.15, 0.2) is 18.2 Å². The summed E-state index contributed by atoms with van der Waals surface area (Å²) < 4.78 is 0. The third-order valence-corrected chi connectivity index (χ3v) is 4.56. The van der Waals surface area contributed by atoms with Crippen molar-refractivity contribution < 1.29 is 29.4 Å². The quantitative estimate of drug-likeness (QED) is 0.161. The second kappa shape index (κ2) is 11.4. The van der Waals surface area contributed by atoms with Crippen molar-refractivity contribution in [2.75, 3.05) is 11.5 Å². The molecule has 3 atom stereocenters. The molecule has 1 aromatic carbocycles. The van der Waals surface area contributed by atoms with Gasteiger partial charge in [-0.2, -0.15) is 25.3 Å². The normalized spacial score (nSPS) is 13.6. The van der Waals surface area contributed by atoms with Gasteiger partial charge in [0.15, 0.2) is 11.5 Å². The molecule has 4 amide bonds. The van der Waals surface area contributed by atoms with E-state index in [0.29, 0.717) is 5.56 Å². The third-order valence-electron chi connectivity index (χ3n) is 3.83. The summed E-state index contributed by atoms with van der Waals surface area (Å²) in [6.45, 7) is 1.23. The van der Waals surface area contributed by atoms with Crippen LogP contribution in [0, 0.1) is 0 Å². The monoisotopic (exact) mass is 444 g/mol.